The highest BCUT2D eigenvalue weighted by atomic mass is 19.1. The van der Waals surface area contributed by atoms with Crippen molar-refractivity contribution in [3.63, 3.8) is 0 Å². The lowest BCUT2D eigenvalue weighted by Gasteiger charge is -2.15. The lowest BCUT2D eigenvalue weighted by atomic mass is 10.1. The standard InChI is InChI=1S/C20H17FN2O/c1-23(14-17-6-2-3-10-18(17)21)19(24)12-11-16-8-4-7-15-9-5-13-22-20(15)16/h2-13H,14H2,1H3/b12-11+. The van der Waals surface area contributed by atoms with E-state index in [-0.39, 0.29) is 18.3 Å². The first-order valence-electron chi connectivity index (χ1n) is 7.65. The Hall–Kier alpha value is -3.01. The Morgan fingerprint density at radius 2 is 1.92 bits per heavy atom. The maximum atomic E-state index is 13.7. The van der Waals surface area contributed by atoms with Crippen LogP contribution in [0.3, 0.4) is 0 Å². The molecule has 24 heavy (non-hydrogen) atoms. The lowest BCUT2D eigenvalue weighted by molar-refractivity contribution is -0.125. The quantitative estimate of drug-likeness (QED) is 0.680. The first kappa shape index (κ1) is 15.9. The minimum atomic E-state index is -0.306. The molecule has 4 heteroatoms. The highest BCUT2D eigenvalue weighted by Gasteiger charge is 2.09. The summed E-state index contributed by atoms with van der Waals surface area (Å²) in [4.78, 5) is 18.1. The van der Waals surface area contributed by atoms with Crippen LogP contribution in [0, 0.1) is 5.82 Å². The SMILES string of the molecule is CN(Cc1ccccc1F)C(=O)/C=C/c1cccc2cccnc12. The van der Waals surface area contributed by atoms with E-state index in [2.05, 4.69) is 4.98 Å². The Morgan fingerprint density at radius 1 is 1.12 bits per heavy atom. The summed E-state index contributed by atoms with van der Waals surface area (Å²) < 4.78 is 13.7. The first-order chi connectivity index (χ1) is 11.6. The number of hydrogen-bond donors (Lipinski definition) is 0. The fourth-order valence-corrected chi connectivity index (χ4v) is 2.51. The van der Waals surface area contributed by atoms with Gasteiger partial charge in [-0.15, -0.1) is 0 Å². The minimum absolute atomic E-state index is 0.189. The molecule has 0 fully saturated rings. The van der Waals surface area contributed by atoms with E-state index >= 15 is 0 Å². The molecule has 0 unspecified atom stereocenters. The zero-order valence-corrected chi connectivity index (χ0v) is 13.3. The fraction of sp³-hybridized carbons (Fsp3) is 0.100. The predicted molar refractivity (Wildman–Crippen MR) is 93.7 cm³/mol. The molecular weight excluding hydrogens is 303 g/mol. The molecule has 1 aromatic heterocycles. The van der Waals surface area contributed by atoms with Gasteiger partial charge in [0.15, 0.2) is 0 Å². The second kappa shape index (κ2) is 7.04. The van der Waals surface area contributed by atoms with Crippen molar-refractivity contribution < 1.29 is 9.18 Å². The van der Waals surface area contributed by atoms with E-state index in [1.54, 1.807) is 37.5 Å². The highest BCUT2D eigenvalue weighted by Crippen LogP contribution is 2.17. The van der Waals surface area contributed by atoms with Crippen LogP contribution in [0.15, 0.2) is 66.9 Å². The highest BCUT2D eigenvalue weighted by molar-refractivity contribution is 5.95. The maximum Gasteiger partial charge on any atom is 0.246 e. The van der Waals surface area contributed by atoms with E-state index in [0.717, 1.165) is 16.5 Å². The van der Waals surface area contributed by atoms with Crippen molar-refractivity contribution in [1.29, 1.82) is 0 Å². The van der Waals surface area contributed by atoms with Crippen LogP contribution in [-0.2, 0) is 11.3 Å². The molecule has 0 aliphatic heterocycles. The van der Waals surface area contributed by atoms with Crippen molar-refractivity contribution in [2.24, 2.45) is 0 Å². The molecule has 0 aliphatic rings. The molecule has 0 radical (unpaired) electrons. The van der Waals surface area contributed by atoms with Gasteiger partial charge in [0.25, 0.3) is 0 Å². The van der Waals surface area contributed by atoms with Crippen LogP contribution in [-0.4, -0.2) is 22.8 Å². The number of carbonyl (C=O) groups is 1. The van der Waals surface area contributed by atoms with E-state index < -0.39 is 0 Å². The van der Waals surface area contributed by atoms with Gasteiger partial charge >= 0.3 is 0 Å². The number of para-hydroxylation sites is 1. The van der Waals surface area contributed by atoms with Crippen molar-refractivity contribution in [2.75, 3.05) is 7.05 Å². The molecule has 3 nitrogen and oxygen atoms in total. The van der Waals surface area contributed by atoms with Crippen molar-refractivity contribution in [1.82, 2.24) is 9.88 Å². The van der Waals surface area contributed by atoms with Crippen LogP contribution in [0.1, 0.15) is 11.1 Å². The molecule has 1 amide bonds. The van der Waals surface area contributed by atoms with Gasteiger partial charge < -0.3 is 4.90 Å². The molecule has 3 rings (SSSR count). The largest absolute Gasteiger partial charge is 0.338 e. The van der Waals surface area contributed by atoms with Gasteiger partial charge in [0.2, 0.25) is 5.91 Å². The zero-order valence-electron chi connectivity index (χ0n) is 13.3. The third-order valence-corrected chi connectivity index (χ3v) is 3.81. The maximum absolute atomic E-state index is 13.7. The third kappa shape index (κ3) is 3.49. The van der Waals surface area contributed by atoms with Gasteiger partial charge in [0.05, 0.1) is 5.52 Å². The number of hydrogen-bond acceptors (Lipinski definition) is 2. The van der Waals surface area contributed by atoms with E-state index in [0.29, 0.717) is 5.56 Å². The topological polar surface area (TPSA) is 33.2 Å². The van der Waals surface area contributed by atoms with Crippen molar-refractivity contribution in [3.8, 4) is 0 Å². The zero-order chi connectivity index (χ0) is 16.9. The number of likely N-dealkylation sites (N-methyl/N-ethyl adjacent to an activating group) is 1. The molecular formula is C20H17FN2O. The average Bonchev–Trinajstić information content (AvgIpc) is 2.61. The van der Waals surface area contributed by atoms with Gasteiger partial charge in [-0.25, -0.2) is 4.39 Å². The smallest absolute Gasteiger partial charge is 0.246 e. The lowest BCUT2D eigenvalue weighted by Crippen LogP contribution is -2.24. The number of pyridine rings is 1. The molecule has 0 N–H and O–H groups in total. The molecule has 3 aromatic rings. The summed E-state index contributed by atoms with van der Waals surface area (Å²) in [5.74, 6) is -0.495. The number of carbonyl (C=O) groups excluding carboxylic acids is 1. The number of aromatic nitrogens is 1. The third-order valence-electron chi connectivity index (χ3n) is 3.81. The Labute approximate surface area is 140 Å². The number of benzene rings is 2. The van der Waals surface area contributed by atoms with Crippen LogP contribution >= 0.6 is 0 Å². The van der Waals surface area contributed by atoms with Gasteiger partial charge in [-0.2, -0.15) is 0 Å². The molecule has 120 valence electrons. The Bertz CT molecular complexity index is 900. The first-order valence-corrected chi connectivity index (χ1v) is 7.65. The summed E-state index contributed by atoms with van der Waals surface area (Å²) in [6, 6.07) is 16.1. The molecule has 1 heterocycles. The van der Waals surface area contributed by atoms with Gasteiger partial charge in [-0.3, -0.25) is 9.78 Å². The molecule has 2 aromatic carbocycles. The number of rotatable bonds is 4. The van der Waals surface area contributed by atoms with Crippen LogP contribution in [0.4, 0.5) is 4.39 Å². The predicted octanol–water partition coefficient (Wildman–Crippen LogP) is 4.05. The monoisotopic (exact) mass is 320 g/mol. The van der Waals surface area contributed by atoms with Gasteiger partial charge in [0.1, 0.15) is 5.82 Å². The van der Waals surface area contributed by atoms with E-state index in [1.165, 1.54) is 17.0 Å². The number of halogens is 1. The average molecular weight is 320 g/mol. The number of amides is 1. The molecule has 0 saturated heterocycles. The number of nitrogens with zero attached hydrogens (tertiary/aromatic N) is 2. The van der Waals surface area contributed by atoms with Crippen molar-refractivity contribution >= 4 is 22.9 Å². The summed E-state index contributed by atoms with van der Waals surface area (Å²) in [6.07, 6.45) is 4.96. The fourth-order valence-electron chi connectivity index (χ4n) is 2.51. The normalized spacial score (nSPS) is 11.1. The summed E-state index contributed by atoms with van der Waals surface area (Å²) in [7, 11) is 1.65. The Kier molecular flexibility index (Phi) is 4.66. The molecule has 0 saturated carbocycles. The van der Waals surface area contributed by atoms with Gasteiger partial charge in [-0.1, -0.05) is 42.5 Å². The van der Waals surface area contributed by atoms with E-state index in [4.69, 9.17) is 0 Å². The van der Waals surface area contributed by atoms with Crippen molar-refractivity contribution in [2.45, 2.75) is 6.54 Å². The molecule has 0 atom stereocenters. The second-order valence-electron chi connectivity index (χ2n) is 5.54. The summed E-state index contributed by atoms with van der Waals surface area (Å²) in [5, 5.41) is 1.02. The molecule has 0 bridgehead atoms. The van der Waals surface area contributed by atoms with Crippen LogP contribution in [0.2, 0.25) is 0 Å². The summed E-state index contributed by atoms with van der Waals surface area (Å²) in [5.41, 5.74) is 2.22. The second-order valence-corrected chi connectivity index (χ2v) is 5.54. The number of fused-ring (bicyclic) bond motifs is 1. The summed E-state index contributed by atoms with van der Waals surface area (Å²) >= 11 is 0. The molecule has 0 aliphatic carbocycles. The van der Waals surface area contributed by atoms with Crippen LogP contribution in [0.25, 0.3) is 17.0 Å². The van der Waals surface area contributed by atoms with Gasteiger partial charge in [-0.05, 0) is 18.2 Å². The van der Waals surface area contributed by atoms with E-state index in [1.807, 2.05) is 30.3 Å². The van der Waals surface area contributed by atoms with Crippen molar-refractivity contribution in [3.05, 3.63) is 83.8 Å². The summed E-state index contributed by atoms with van der Waals surface area (Å²) in [6.45, 7) is 0.226. The Morgan fingerprint density at radius 3 is 2.75 bits per heavy atom. The minimum Gasteiger partial charge on any atom is -0.338 e. The van der Waals surface area contributed by atoms with Crippen LogP contribution in [0.5, 0.6) is 0 Å². The van der Waals surface area contributed by atoms with E-state index in [9.17, 15) is 9.18 Å². The van der Waals surface area contributed by atoms with Crippen LogP contribution < -0.4 is 0 Å². The molecule has 0 spiro atoms. The Balaban J connectivity index is 1.76. The van der Waals surface area contributed by atoms with Gasteiger partial charge in [0, 0.05) is 42.4 Å².